The third-order valence-corrected chi connectivity index (χ3v) is 3.38. The molecule has 0 aromatic heterocycles. The number of hydrogen-bond acceptors (Lipinski definition) is 2. The highest BCUT2D eigenvalue weighted by molar-refractivity contribution is 5.37. The average molecular weight is 247 g/mol. The Kier molecular flexibility index (Phi) is 5.06. The summed E-state index contributed by atoms with van der Waals surface area (Å²) >= 11 is 0. The van der Waals surface area contributed by atoms with Crippen LogP contribution in [0.3, 0.4) is 0 Å². The first-order valence-corrected chi connectivity index (χ1v) is 7.25. The zero-order chi connectivity index (χ0) is 12.8. The van der Waals surface area contributed by atoms with Gasteiger partial charge < -0.3 is 10.1 Å². The molecule has 0 aliphatic heterocycles. The number of hydrogen-bond donors (Lipinski definition) is 1. The van der Waals surface area contributed by atoms with Crippen molar-refractivity contribution in [1.29, 1.82) is 0 Å². The lowest BCUT2D eigenvalue weighted by molar-refractivity contribution is 0.302. The van der Waals surface area contributed by atoms with Crippen molar-refractivity contribution in [3.05, 3.63) is 29.3 Å². The predicted molar refractivity (Wildman–Crippen MR) is 76.1 cm³/mol. The molecule has 18 heavy (non-hydrogen) atoms. The van der Waals surface area contributed by atoms with Gasteiger partial charge in [-0.1, -0.05) is 37.5 Å². The van der Waals surface area contributed by atoms with Crippen molar-refractivity contribution >= 4 is 0 Å². The van der Waals surface area contributed by atoms with E-state index < -0.39 is 0 Å². The third-order valence-electron chi connectivity index (χ3n) is 3.38. The van der Waals surface area contributed by atoms with E-state index in [4.69, 9.17) is 4.74 Å². The third kappa shape index (κ3) is 4.34. The van der Waals surface area contributed by atoms with E-state index in [1.807, 2.05) is 0 Å². The van der Waals surface area contributed by atoms with Crippen molar-refractivity contribution < 1.29 is 4.74 Å². The molecule has 100 valence electrons. The van der Waals surface area contributed by atoms with E-state index in [0.717, 1.165) is 31.4 Å². The van der Waals surface area contributed by atoms with E-state index >= 15 is 0 Å². The highest BCUT2D eigenvalue weighted by atomic mass is 16.5. The first-order chi connectivity index (χ1) is 8.79. The molecule has 0 radical (unpaired) electrons. The molecule has 1 aliphatic rings. The van der Waals surface area contributed by atoms with Gasteiger partial charge in [-0.25, -0.2) is 0 Å². The van der Waals surface area contributed by atoms with Gasteiger partial charge in [0, 0.05) is 18.2 Å². The molecule has 0 amide bonds. The molecular weight excluding hydrogens is 222 g/mol. The summed E-state index contributed by atoms with van der Waals surface area (Å²) in [7, 11) is 0. The average Bonchev–Trinajstić information content (AvgIpc) is 3.18. The molecule has 1 fully saturated rings. The van der Waals surface area contributed by atoms with E-state index in [-0.39, 0.29) is 0 Å². The molecular formula is C16H25NO. The van der Waals surface area contributed by atoms with E-state index in [1.165, 1.54) is 36.8 Å². The standard InChI is InChI=1S/C16H25NO/c1-3-4-5-10-18-16-9-6-13(2)11-14(16)12-17-15-7-8-15/h6,9,11,15,17H,3-5,7-8,10,12H2,1-2H3. The van der Waals surface area contributed by atoms with E-state index in [1.54, 1.807) is 0 Å². The summed E-state index contributed by atoms with van der Waals surface area (Å²) in [6.45, 7) is 6.14. The summed E-state index contributed by atoms with van der Waals surface area (Å²) < 4.78 is 5.91. The molecule has 1 saturated carbocycles. The molecule has 1 N–H and O–H groups in total. The minimum atomic E-state index is 0.749. The SMILES string of the molecule is CCCCCOc1ccc(C)cc1CNC1CC1. The molecule has 0 atom stereocenters. The summed E-state index contributed by atoms with van der Waals surface area (Å²) in [5, 5.41) is 3.56. The summed E-state index contributed by atoms with van der Waals surface area (Å²) in [4.78, 5) is 0. The van der Waals surface area contributed by atoms with Crippen LogP contribution in [0.15, 0.2) is 18.2 Å². The molecule has 2 nitrogen and oxygen atoms in total. The number of nitrogens with one attached hydrogen (secondary N) is 1. The smallest absolute Gasteiger partial charge is 0.123 e. The van der Waals surface area contributed by atoms with Crippen molar-refractivity contribution in [1.82, 2.24) is 5.32 Å². The van der Waals surface area contributed by atoms with Crippen LogP contribution < -0.4 is 10.1 Å². The molecule has 0 heterocycles. The maximum absolute atomic E-state index is 5.91. The van der Waals surface area contributed by atoms with E-state index in [9.17, 15) is 0 Å². The fourth-order valence-corrected chi connectivity index (χ4v) is 2.06. The van der Waals surface area contributed by atoms with Crippen LogP contribution in [0, 0.1) is 6.92 Å². The predicted octanol–water partition coefficient (Wildman–Crippen LogP) is 3.82. The monoisotopic (exact) mass is 247 g/mol. The van der Waals surface area contributed by atoms with Crippen molar-refractivity contribution in [2.75, 3.05) is 6.61 Å². The zero-order valence-corrected chi connectivity index (χ0v) is 11.7. The fourth-order valence-electron chi connectivity index (χ4n) is 2.06. The molecule has 2 heteroatoms. The van der Waals surface area contributed by atoms with Gasteiger partial charge in [0.15, 0.2) is 0 Å². The fraction of sp³-hybridized carbons (Fsp3) is 0.625. The van der Waals surface area contributed by atoms with Gasteiger partial charge >= 0.3 is 0 Å². The highest BCUT2D eigenvalue weighted by Gasteiger charge is 2.20. The number of aryl methyl sites for hydroxylation is 1. The van der Waals surface area contributed by atoms with E-state index in [0.29, 0.717) is 0 Å². The Morgan fingerprint density at radius 2 is 2.11 bits per heavy atom. The van der Waals surface area contributed by atoms with Crippen LogP contribution in [0.5, 0.6) is 5.75 Å². The summed E-state index contributed by atoms with van der Waals surface area (Å²) in [6, 6.07) is 7.24. The van der Waals surface area contributed by atoms with E-state index in [2.05, 4.69) is 37.4 Å². The lowest BCUT2D eigenvalue weighted by atomic mass is 10.1. The van der Waals surface area contributed by atoms with Crippen LogP contribution >= 0.6 is 0 Å². The Morgan fingerprint density at radius 1 is 1.28 bits per heavy atom. The molecule has 1 aromatic rings. The normalized spacial score (nSPS) is 14.8. The maximum atomic E-state index is 5.91. The number of ether oxygens (including phenoxy) is 1. The van der Waals surface area contributed by atoms with Gasteiger partial charge in [-0.05, 0) is 32.3 Å². The molecule has 0 bridgehead atoms. The molecule has 1 aromatic carbocycles. The van der Waals surface area contributed by atoms with Gasteiger partial charge in [0.25, 0.3) is 0 Å². The van der Waals surface area contributed by atoms with Gasteiger partial charge in [-0.2, -0.15) is 0 Å². The second-order valence-corrected chi connectivity index (χ2v) is 5.32. The molecule has 0 saturated heterocycles. The lowest BCUT2D eigenvalue weighted by Crippen LogP contribution is -2.16. The molecule has 2 rings (SSSR count). The van der Waals surface area contributed by atoms with Crippen LogP contribution in [-0.4, -0.2) is 12.6 Å². The van der Waals surface area contributed by atoms with Gasteiger partial charge in [0.05, 0.1) is 6.61 Å². The topological polar surface area (TPSA) is 21.3 Å². The number of rotatable bonds is 8. The summed E-state index contributed by atoms with van der Waals surface area (Å²) in [6.07, 6.45) is 6.31. The second kappa shape index (κ2) is 6.79. The maximum Gasteiger partial charge on any atom is 0.123 e. The second-order valence-electron chi connectivity index (χ2n) is 5.32. The van der Waals surface area contributed by atoms with Gasteiger partial charge in [-0.15, -0.1) is 0 Å². The van der Waals surface area contributed by atoms with Crippen LogP contribution in [0.4, 0.5) is 0 Å². The van der Waals surface area contributed by atoms with Crippen LogP contribution in [0.1, 0.15) is 50.2 Å². The van der Waals surface area contributed by atoms with Crippen molar-refractivity contribution in [2.45, 2.75) is 58.5 Å². The van der Waals surface area contributed by atoms with Gasteiger partial charge in [0.1, 0.15) is 5.75 Å². The summed E-state index contributed by atoms with van der Waals surface area (Å²) in [5.41, 5.74) is 2.61. The van der Waals surface area contributed by atoms with Crippen LogP contribution in [-0.2, 0) is 6.54 Å². The first kappa shape index (κ1) is 13.4. The Bertz CT molecular complexity index is 371. The lowest BCUT2D eigenvalue weighted by Gasteiger charge is -2.13. The first-order valence-electron chi connectivity index (χ1n) is 7.25. The molecule has 0 unspecified atom stereocenters. The Balaban J connectivity index is 1.88. The Labute approximate surface area is 111 Å². The van der Waals surface area contributed by atoms with Gasteiger partial charge in [-0.3, -0.25) is 0 Å². The van der Waals surface area contributed by atoms with Crippen molar-refractivity contribution in [3.63, 3.8) is 0 Å². The minimum absolute atomic E-state index is 0.749. The Morgan fingerprint density at radius 3 is 2.83 bits per heavy atom. The van der Waals surface area contributed by atoms with Crippen molar-refractivity contribution in [3.8, 4) is 5.75 Å². The number of benzene rings is 1. The van der Waals surface area contributed by atoms with Crippen LogP contribution in [0.2, 0.25) is 0 Å². The largest absolute Gasteiger partial charge is 0.493 e. The van der Waals surface area contributed by atoms with Crippen LogP contribution in [0.25, 0.3) is 0 Å². The quantitative estimate of drug-likeness (QED) is 0.705. The Hall–Kier alpha value is -1.02. The zero-order valence-electron chi connectivity index (χ0n) is 11.7. The summed E-state index contributed by atoms with van der Waals surface area (Å²) in [5.74, 6) is 1.06. The highest BCUT2D eigenvalue weighted by Crippen LogP contribution is 2.23. The number of unbranched alkanes of at least 4 members (excludes halogenated alkanes) is 2. The molecule has 1 aliphatic carbocycles. The molecule has 0 spiro atoms. The van der Waals surface area contributed by atoms with Crippen molar-refractivity contribution in [2.24, 2.45) is 0 Å². The minimum Gasteiger partial charge on any atom is -0.493 e. The van der Waals surface area contributed by atoms with Gasteiger partial charge in [0.2, 0.25) is 0 Å².